The second kappa shape index (κ2) is 6.17. The van der Waals surface area contributed by atoms with Gasteiger partial charge in [0, 0.05) is 19.6 Å². The molecule has 3 nitrogen and oxygen atoms in total. The van der Waals surface area contributed by atoms with Gasteiger partial charge in [0.25, 0.3) is 0 Å². The van der Waals surface area contributed by atoms with Crippen LogP contribution >= 0.6 is 0 Å². The third-order valence-corrected chi connectivity index (χ3v) is 2.15. The van der Waals surface area contributed by atoms with E-state index in [0.717, 1.165) is 31.0 Å². The Bertz CT molecular complexity index is 273. The van der Waals surface area contributed by atoms with Gasteiger partial charge in [0.1, 0.15) is 0 Å². The molecule has 1 rings (SSSR count). The zero-order valence-electron chi connectivity index (χ0n) is 9.85. The standard InChI is InChI=1S/C12H21N3/c1-4-13-10-8-7-9-11(14-5-2)12(10)15-6-3/h7-9,13-15H,4-6H2,1-3H3. The van der Waals surface area contributed by atoms with Gasteiger partial charge in [-0.15, -0.1) is 0 Å². The number of anilines is 3. The highest BCUT2D eigenvalue weighted by Gasteiger charge is 2.05. The lowest BCUT2D eigenvalue weighted by molar-refractivity contribution is 1.16. The molecule has 0 aliphatic heterocycles. The number of rotatable bonds is 6. The SMILES string of the molecule is CCNc1cccc(NCC)c1NCC. The van der Waals surface area contributed by atoms with Crippen molar-refractivity contribution in [2.45, 2.75) is 20.8 Å². The zero-order valence-corrected chi connectivity index (χ0v) is 9.85. The number of nitrogens with one attached hydrogen (secondary N) is 3. The fourth-order valence-electron chi connectivity index (χ4n) is 1.60. The predicted octanol–water partition coefficient (Wildman–Crippen LogP) is 2.98. The first-order valence-corrected chi connectivity index (χ1v) is 5.68. The highest BCUT2D eigenvalue weighted by Crippen LogP contribution is 2.30. The minimum Gasteiger partial charge on any atom is -0.384 e. The molecule has 0 atom stereocenters. The molecular formula is C12H21N3. The molecule has 0 unspecified atom stereocenters. The minimum atomic E-state index is 0.931. The van der Waals surface area contributed by atoms with Gasteiger partial charge < -0.3 is 16.0 Å². The molecule has 0 aliphatic rings. The van der Waals surface area contributed by atoms with Crippen LogP contribution in [0.15, 0.2) is 18.2 Å². The van der Waals surface area contributed by atoms with Crippen LogP contribution in [0.3, 0.4) is 0 Å². The maximum Gasteiger partial charge on any atom is 0.0811 e. The van der Waals surface area contributed by atoms with Crippen LogP contribution in [-0.2, 0) is 0 Å². The molecule has 1 aromatic rings. The Hall–Kier alpha value is -1.38. The molecule has 0 fully saturated rings. The predicted molar refractivity (Wildman–Crippen MR) is 68.9 cm³/mol. The third-order valence-electron chi connectivity index (χ3n) is 2.15. The molecule has 84 valence electrons. The van der Waals surface area contributed by atoms with E-state index < -0.39 is 0 Å². The van der Waals surface area contributed by atoms with E-state index in [1.807, 2.05) is 0 Å². The summed E-state index contributed by atoms with van der Waals surface area (Å²) in [5.41, 5.74) is 3.50. The first kappa shape index (κ1) is 11.7. The lowest BCUT2D eigenvalue weighted by Gasteiger charge is -2.16. The summed E-state index contributed by atoms with van der Waals surface area (Å²) in [6.45, 7) is 9.13. The van der Waals surface area contributed by atoms with E-state index in [2.05, 4.69) is 54.9 Å². The molecule has 1 aromatic carbocycles. The zero-order chi connectivity index (χ0) is 11.1. The highest BCUT2D eigenvalue weighted by molar-refractivity contribution is 5.82. The summed E-state index contributed by atoms with van der Waals surface area (Å²) in [5.74, 6) is 0. The summed E-state index contributed by atoms with van der Waals surface area (Å²) in [7, 11) is 0. The van der Waals surface area contributed by atoms with Gasteiger partial charge in [0.05, 0.1) is 17.1 Å². The van der Waals surface area contributed by atoms with E-state index in [1.165, 1.54) is 5.69 Å². The van der Waals surface area contributed by atoms with Crippen molar-refractivity contribution in [2.75, 3.05) is 35.6 Å². The number of benzene rings is 1. The Balaban J connectivity index is 2.97. The molecule has 0 aliphatic carbocycles. The van der Waals surface area contributed by atoms with Gasteiger partial charge in [0.2, 0.25) is 0 Å². The second-order valence-corrected chi connectivity index (χ2v) is 3.32. The van der Waals surface area contributed by atoms with Crippen molar-refractivity contribution in [2.24, 2.45) is 0 Å². The molecule has 0 aromatic heterocycles. The maximum absolute atomic E-state index is 3.39. The number of hydrogen-bond donors (Lipinski definition) is 3. The lowest BCUT2D eigenvalue weighted by Crippen LogP contribution is -2.08. The number of para-hydroxylation sites is 1. The Kier molecular flexibility index (Phi) is 4.81. The maximum atomic E-state index is 3.39. The van der Waals surface area contributed by atoms with Crippen molar-refractivity contribution in [1.82, 2.24) is 0 Å². The monoisotopic (exact) mass is 207 g/mol. The first-order valence-electron chi connectivity index (χ1n) is 5.68. The molecule has 0 saturated heterocycles. The fourth-order valence-corrected chi connectivity index (χ4v) is 1.60. The third kappa shape index (κ3) is 3.05. The molecule has 0 spiro atoms. The first-order chi connectivity index (χ1) is 7.33. The smallest absolute Gasteiger partial charge is 0.0811 e. The molecule has 0 heterocycles. The van der Waals surface area contributed by atoms with Gasteiger partial charge in [-0.25, -0.2) is 0 Å². The van der Waals surface area contributed by atoms with Crippen molar-refractivity contribution in [3.8, 4) is 0 Å². The number of hydrogen-bond acceptors (Lipinski definition) is 3. The van der Waals surface area contributed by atoms with Gasteiger partial charge in [0.15, 0.2) is 0 Å². The lowest BCUT2D eigenvalue weighted by atomic mass is 10.2. The van der Waals surface area contributed by atoms with E-state index in [1.54, 1.807) is 0 Å². The molecule has 0 amide bonds. The van der Waals surface area contributed by atoms with Crippen LogP contribution in [0.1, 0.15) is 20.8 Å². The van der Waals surface area contributed by atoms with E-state index in [9.17, 15) is 0 Å². The van der Waals surface area contributed by atoms with Crippen molar-refractivity contribution >= 4 is 17.1 Å². The normalized spacial score (nSPS) is 9.80. The van der Waals surface area contributed by atoms with Crippen molar-refractivity contribution in [3.63, 3.8) is 0 Å². The summed E-state index contributed by atoms with van der Waals surface area (Å²) in [6.07, 6.45) is 0. The largest absolute Gasteiger partial charge is 0.384 e. The van der Waals surface area contributed by atoms with Crippen molar-refractivity contribution in [1.29, 1.82) is 0 Å². The van der Waals surface area contributed by atoms with E-state index in [0.29, 0.717) is 0 Å². The Labute approximate surface area is 92.3 Å². The fraction of sp³-hybridized carbons (Fsp3) is 0.500. The van der Waals surface area contributed by atoms with Crippen LogP contribution in [0.2, 0.25) is 0 Å². The van der Waals surface area contributed by atoms with E-state index in [-0.39, 0.29) is 0 Å². The summed E-state index contributed by atoms with van der Waals surface area (Å²) >= 11 is 0. The van der Waals surface area contributed by atoms with Gasteiger partial charge in [-0.3, -0.25) is 0 Å². The minimum absolute atomic E-state index is 0.931. The average molecular weight is 207 g/mol. The highest BCUT2D eigenvalue weighted by atomic mass is 15.0. The van der Waals surface area contributed by atoms with E-state index >= 15 is 0 Å². The van der Waals surface area contributed by atoms with Crippen LogP contribution in [0, 0.1) is 0 Å². The summed E-state index contributed by atoms with van der Waals surface area (Å²) in [5, 5.41) is 10.1. The van der Waals surface area contributed by atoms with Gasteiger partial charge in [-0.2, -0.15) is 0 Å². The molecule has 0 bridgehead atoms. The molecular weight excluding hydrogens is 186 g/mol. The average Bonchev–Trinajstić information content (AvgIpc) is 2.23. The molecule has 0 saturated carbocycles. The molecule has 3 heteroatoms. The summed E-state index contributed by atoms with van der Waals surface area (Å²) in [4.78, 5) is 0. The summed E-state index contributed by atoms with van der Waals surface area (Å²) < 4.78 is 0. The Morgan fingerprint density at radius 2 is 1.27 bits per heavy atom. The van der Waals surface area contributed by atoms with Gasteiger partial charge >= 0.3 is 0 Å². The Morgan fingerprint density at radius 1 is 0.800 bits per heavy atom. The van der Waals surface area contributed by atoms with E-state index in [4.69, 9.17) is 0 Å². The molecule has 0 radical (unpaired) electrons. The van der Waals surface area contributed by atoms with Crippen LogP contribution in [0.5, 0.6) is 0 Å². The summed E-state index contributed by atoms with van der Waals surface area (Å²) in [6, 6.07) is 6.27. The van der Waals surface area contributed by atoms with Crippen LogP contribution in [0.4, 0.5) is 17.1 Å². The quantitative estimate of drug-likeness (QED) is 0.671. The topological polar surface area (TPSA) is 36.1 Å². The Morgan fingerprint density at radius 3 is 1.67 bits per heavy atom. The molecule has 15 heavy (non-hydrogen) atoms. The van der Waals surface area contributed by atoms with Crippen molar-refractivity contribution < 1.29 is 0 Å². The van der Waals surface area contributed by atoms with Crippen LogP contribution in [-0.4, -0.2) is 19.6 Å². The van der Waals surface area contributed by atoms with Gasteiger partial charge in [-0.05, 0) is 32.9 Å². The van der Waals surface area contributed by atoms with Crippen LogP contribution in [0.25, 0.3) is 0 Å². The van der Waals surface area contributed by atoms with Crippen LogP contribution < -0.4 is 16.0 Å². The van der Waals surface area contributed by atoms with Crippen molar-refractivity contribution in [3.05, 3.63) is 18.2 Å². The molecule has 3 N–H and O–H groups in total. The second-order valence-electron chi connectivity index (χ2n) is 3.32. The van der Waals surface area contributed by atoms with Gasteiger partial charge in [-0.1, -0.05) is 6.07 Å².